The van der Waals surface area contributed by atoms with Crippen molar-refractivity contribution in [3.05, 3.63) is 29.8 Å². The van der Waals surface area contributed by atoms with Gasteiger partial charge in [0.15, 0.2) is 0 Å². The lowest BCUT2D eigenvalue weighted by Gasteiger charge is -2.17. The first-order chi connectivity index (χ1) is 9.17. The molecule has 3 heteroatoms. The first-order valence-corrected chi connectivity index (χ1v) is 7.16. The Balaban J connectivity index is 2.50. The van der Waals surface area contributed by atoms with Crippen molar-refractivity contribution >= 4 is 0 Å². The maximum Gasteiger partial charge on any atom is 0.120 e. The number of nitrogens with one attached hydrogen (secondary N) is 1. The number of hydrogen-bond acceptors (Lipinski definition) is 3. The van der Waals surface area contributed by atoms with E-state index in [9.17, 15) is 0 Å². The zero-order valence-corrected chi connectivity index (χ0v) is 12.6. The summed E-state index contributed by atoms with van der Waals surface area (Å²) in [5, 5.41) is 3.49. The highest BCUT2D eigenvalue weighted by molar-refractivity contribution is 5.30. The van der Waals surface area contributed by atoms with Gasteiger partial charge in [-0.05, 0) is 50.9 Å². The lowest BCUT2D eigenvalue weighted by atomic mass is 10.1. The normalized spacial score (nSPS) is 14.1. The molecule has 108 valence electrons. The number of benzene rings is 1. The summed E-state index contributed by atoms with van der Waals surface area (Å²) in [4.78, 5) is 0. The van der Waals surface area contributed by atoms with Crippen molar-refractivity contribution in [1.82, 2.24) is 5.32 Å². The van der Waals surface area contributed by atoms with Crippen molar-refractivity contribution in [2.24, 2.45) is 0 Å². The fourth-order valence-corrected chi connectivity index (χ4v) is 1.83. The summed E-state index contributed by atoms with van der Waals surface area (Å²) in [6.45, 7) is 8.17. The van der Waals surface area contributed by atoms with Crippen LogP contribution in [0.5, 0.6) is 5.75 Å². The molecule has 0 aliphatic carbocycles. The average Bonchev–Trinajstić information content (AvgIpc) is 2.43. The molecule has 2 atom stereocenters. The number of hydrogen-bond donors (Lipinski definition) is 1. The summed E-state index contributed by atoms with van der Waals surface area (Å²) in [5.74, 6) is 0.956. The number of rotatable bonds is 9. The molecule has 0 amide bonds. The lowest BCUT2D eigenvalue weighted by Crippen LogP contribution is -2.21. The Morgan fingerprint density at radius 3 is 2.74 bits per heavy atom. The second-order valence-electron chi connectivity index (χ2n) is 4.93. The molecule has 1 aromatic carbocycles. The molecule has 0 fully saturated rings. The zero-order chi connectivity index (χ0) is 14.1. The summed E-state index contributed by atoms with van der Waals surface area (Å²) >= 11 is 0. The van der Waals surface area contributed by atoms with Gasteiger partial charge in [-0.15, -0.1) is 0 Å². The molecule has 1 N–H and O–H groups in total. The minimum Gasteiger partial charge on any atom is -0.491 e. The molecule has 0 bridgehead atoms. The smallest absolute Gasteiger partial charge is 0.120 e. The first kappa shape index (κ1) is 16.0. The van der Waals surface area contributed by atoms with Crippen LogP contribution in [0.15, 0.2) is 24.3 Å². The topological polar surface area (TPSA) is 30.5 Å². The van der Waals surface area contributed by atoms with E-state index >= 15 is 0 Å². The van der Waals surface area contributed by atoms with Gasteiger partial charge in [0.1, 0.15) is 5.75 Å². The predicted octanol–water partition coefficient (Wildman–Crippen LogP) is 3.55. The van der Waals surface area contributed by atoms with Gasteiger partial charge in [-0.2, -0.15) is 0 Å². The van der Waals surface area contributed by atoms with Gasteiger partial charge in [-0.1, -0.05) is 19.1 Å². The van der Waals surface area contributed by atoms with Gasteiger partial charge >= 0.3 is 0 Å². The quantitative estimate of drug-likeness (QED) is 0.693. The SMILES string of the molecule is CC[C@@H](C)Oc1cccc([C@H](C)NCCCOC)c1. The van der Waals surface area contributed by atoms with Crippen molar-refractivity contribution < 1.29 is 9.47 Å². The third-order valence-corrected chi connectivity index (χ3v) is 3.25. The van der Waals surface area contributed by atoms with Crippen LogP contribution in [0.2, 0.25) is 0 Å². The zero-order valence-electron chi connectivity index (χ0n) is 12.6. The van der Waals surface area contributed by atoms with E-state index in [1.807, 2.05) is 6.07 Å². The molecule has 1 aromatic rings. The molecule has 0 radical (unpaired) electrons. The molecule has 0 unspecified atom stereocenters. The van der Waals surface area contributed by atoms with Crippen molar-refractivity contribution in [2.45, 2.75) is 45.8 Å². The minimum absolute atomic E-state index is 0.264. The lowest BCUT2D eigenvalue weighted by molar-refractivity contribution is 0.193. The average molecular weight is 265 g/mol. The summed E-state index contributed by atoms with van der Waals surface area (Å²) in [5.41, 5.74) is 1.26. The fraction of sp³-hybridized carbons (Fsp3) is 0.625. The van der Waals surface area contributed by atoms with Crippen LogP contribution in [-0.4, -0.2) is 26.4 Å². The highest BCUT2D eigenvalue weighted by atomic mass is 16.5. The van der Waals surface area contributed by atoms with E-state index in [2.05, 4.69) is 44.3 Å². The Bertz CT molecular complexity index is 354. The first-order valence-electron chi connectivity index (χ1n) is 7.16. The highest BCUT2D eigenvalue weighted by Gasteiger charge is 2.07. The Kier molecular flexibility index (Phi) is 7.53. The molecule has 1 rings (SSSR count). The van der Waals surface area contributed by atoms with Crippen LogP contribution in [0.1, 0.15) is 45.2 Å². The third-order valence-electron chi connectivity index (χ3n) is 3.25. The van der Waals surface area contributed by atoms with Crippen LogP contribution >= 0.6 is 0 Å². The Hall–Kier alpha value is -1.06. The van der Waals surface area contributed by atoms with Gasteiger partial charge in [0.05, 0.1) is 6.10 Å². The molecule has 0 aliphatic rings. The van der Waals surface area contributed by atoms with Gasteiger partial charge in [0.25, 0.3) is 0 Å². The van der Waals surface area contributed by atoms with Crippen molar-refractivity contribution in [1.29, 1.82) is 0 Å². The predicted molar refractivity (Wildman–Crippen MR) is 79.7 cm³/mol. The van der Waals surface area contributed by atoms with E-state index in [1.54, 1.807) is 7.11 Å². The Morgan fingerprint density at radius 2 is 2.05 bits per heavy atom. The van der Waals surface area contributed by atoms with Crippen LogP contribution < -0.4 is 10.1 Å². The number of methoxy groups -OCH3 is 1. The van der Waals surface area contributed by atoms with Gasteiger partial charge in [-0.3, -0.25) is 0 Å². The molecular formula is C16H27NO2. The summed E-state index contributed by atoms with van der Waals surface area (Å²) in [6, 6.07) is 8.67. The standard InChI is InChI=1S/C16H27NO2/c1-5-13(2)19-16-9-6-8-15(12-16)14(3)17-10-7-11-18-4/h6,8-9,12-14,17H,5,7,10-11H2,1-4H3/t13-,14+/m1/s1. The van der Waals surface area contributed by atoms with Gasteiger partial charge < -0.3 is 14.8 Å². The molecular weight excluding hydrogens is 238 g/mol. The van der Waals surface area contributed by atoms with Crippen LogP contribution in [0.3, 0.4) is 0 Å². The van der Waals surface area contributed by atoms with E-state index in [-0.39, 0.29) is 6.10 Å². The largest absolute Gasteiger partial charge is 0.491 e. The van der Waals surface area contributed by atoms with Gasteiger partial charge in [0.2, 0.25) is 0 Å². The summed E-state index contributed by atoms with van der Waals surface area (Å²) in [6.07, 6.45) is 2.32. The molecule has 0 spiro atoms. The van der Waals surface area contributed by atoms with Gasteiger partial charge in [0, 0.05) is 19.8 Å². The second kappa shape index (κ2) is 8.94. The van der Waals surface area contributed by atoms with Crippen molar-refractivity contribution in [3.63, 3.8) is 0 Å². The second-order valence-corrected chi connectivity index (χ2v) is 4.93. The van der Waals surface area contributed by atoms with E-state index in [0.717, 1.165) is 31.7 Å². The molecule has 0 aliphatic heterocycles. The van der Waals surface area contributed by atoms with E-state index in [0.29, 0.717) is 6.04 Å². The summed E-state index contributed by atoms with van der Waals surface area (Å²) < 4.78 is 10.9. The van der Waals surface area contributed by atoms with E-state index in [1.165, 1.54) is 5.56 Å². The Labute approximate surface area is 117 Å². The maximum absolute atomic E-state index is 5.85. The molecule has 19 heavy (non-hydrogen) atoms. The third kappa shape index (κ3) is 6.08. The maximum atomic E-state index is 5.85. The van der Waals surface area contributed by atoms with E-state index in [4.69, 9.17) is 9.47 Å². The molecule has 0 heterocycles. The molecule has 0 saturated carbocycles. The van der Waals surface area contributed by atoms with E-state index < -0.39 is 0 Å². The fourth-order valence-electron chi connectivity index (χ4n) is 1.83. The van der Waals surface area contributed by atoms with Gasteiger partial charge in [-0.25, -0.2) is 0 Å². The van der Waals surface area contributed by atoms with Crippen LogP contribution in [-0.2, 0) is 4.74 Å². The van der Waals surface area contributed by atoms with Crippen molar-refractivity contribution in [3.8, 4) is 5.75 Å². The van der Waals surface area contributed by atoms with Crippen LogP contribution in [0.4, 0.5) is 0 Å². The van der Waals surface area contributed by atoms with Crippen LogP contribution in [0.25, 0.3) is 0 Å². The highest BCUT2D eigenvalue weighted by Crippen LogP contribution is 2.20. The van der Waals surface area contributed by atoms with Crippen LogP contribution in [0, 0.1) is 0 Å². The Morgan fingerprint density at radius 1 is 1.26 bits per heavy atom. The minimum atomic E-state index is 0.264. The molecule has 3 nitrogen and oxygen atoms in total. The molecule has 0 saturated heterocycles. The number of ether oxygens (including phenoxy) is 2. The van der Waals surface area contributed by atoms with Crippen molar-refractivity contribution in [2.75, 3.05) is 20.3 Å². The molecule has 0 aromatic heterocycles. The summed E-state index contributed by atoms with van der Waals surface area (Å²) in [7, 11) is 1.74. The monoisotopic (exact) mass is 265 g/mol.